The molecule has 0 fully saturated rings. The van der Waals surface area contributed by atoms with Gasteiger partial charge in [-0.3, -0.25) is 4.79 Å². The quantitative estimate of drug-likeness (QED) is 0.764. The van der Waals surface area contributed by atoms with Gasteiger partial charge in [0.2, 0.25) is 5.56 Å². The summed E-state index contributed by atoms with van der Waals surface area (Å²) in [5.41, 5.74) is 4.49. The van der Waals surface area contributed by atoms with E-state index in [0.29, 0.717) is 6.54 Å². The van der Waals surface area contributed by atoms with Crippen LogP contribution in [0, 0.1) is 13.8 Å². The van der Waals surface area contributed by atoms with Crippen LogP contribution in [0.3, 0.4) is 0 Å². The molecule has 3 rings (SSSR count). The average molecular weight is 335 g/mol. The number of hydrogen-bond acceptors (Lipinski definition) is 2. The Bertz CT molecular complexity index is 992. The Morgan fingerprint density at radius 3 is 2.60 bits per heavy atom. The largest absolute Gasteiger partial charge is 0.323 e. The van der Waals surface area contributed by atoms with E-state index in [-0.39, 0.29) is 11.6 Å². The Morgan fingerprint density at radius 2 is 1.84 bits per heavy atom. The molecule has 2 N–H and O–H groups in total. The van der Waals surface area contributed by atoms with Crippen LogP contribution in [0.1, 0.15) is 16.7 Å². The maximum Gasteiger partial charge on any atom is 0.321 e. The van der Waals surface area contributed by atoms with E-state index >= 15 is 0 Å². The van der Waals surface area contributed by atoms with Crippen LogP contribution < -0.4 is 10.9 Å². The highest BCUT2D eigenvalue weighted by atomic mass is 16.2. The number of aromatic amines is 1. The van der Waals surface area contributed by atoms with Crippen LogP contribution in [0.15, 0.2) is 53.3 Å². The summed E-state index contributed by atoms with van der Waals surface area (Å²) >= 11 is 0. The van der Waals surface area contributed by atoms with E-state index in [1.54, 1.807) is 18.0 Å². The van der Waals surface area contributed by atoms with Crippen LogP contribution in [0.2, 0.25) is 0 Å². The van der Waals surface area contributed by atoms with Crippen molar-refractivity contribution in [3.8, 4) is 0 Å². The number of H-pyrrole nitrogens is 1. The first-order valence-electron chi connectivity index (χ1n) is 8.14. The lowest BCUT2D eigenvalue weighted by Crippen LogP contribution is -2.31. The number of rotatable bonds is 3. The molecule has 1 aromatic heterocycles. The Labute approximate surface area is 146 Å². The first-order valence-corrected chi connectivity index (χ1v) is 8.14. The van der Waals surface area contributed by atoms with Gasteiger partial charge in [0, 0.05) is 36.2 Å². The molecule has 0 bridgehead atoms. The second-order valence-corrected chi connectivity index (χ2v) is 6.29. The van der Waals surface area contributed by atoms with Gasteiger partial charge >= 0.3 is 6.03 Å². The summed E-state index contributed by atoms with van der Waals surface area (Å²) in [6, 6.07) is 14.7. The minimum atomic E-state index is -0.215. The van der Waals surface area contributed by atoms with Gasteiger partial charge in [0.25, 0.3) is 0 Å². The number of para-hydroxylation sites is 1. The Kier molecular flexibility index (Phi) is 4.57. The van der Waals surface area contributed by atoms with Crippen LogP contribution in [-0.2, 0) is 6.54 Å². The topological polar surface area (TPSA) is 65.2 Å². The number of fused-ring (bicyclic) bond motifs is 1. The molecule has 0 unspecified atom stereocenters. The maximum absolute atomic E-state index is 12.5. The number of anilines is 1. The predicted octanol–water partition coefficient (Wildman–Crippen LogP) is 3.81. The molecule has 0 atom stereocenters. The standard InChI is InChI=1S/C20H21N3O2/c1-13-8-9-16(10-14(13)2)21-20(25)23(3)12-15-11-19(24)22-18-7-5-4-6-17(15)18/h4-11H,12H2,1-3H3,(H,21,25)(H,22,24). The van der Waals surface area contributed by atoms with Crippen molar-refractivity contribution in [1.29, 1.82) is 0 Å². The fourth-order valence-corrected chi connectivity index (χ4v) is 2.77. The summed E-state index contributed by atoms with van der Waals surface area (Å²) in [6.07, 6.45) is 0. The number of benzene rings is 2. The lowest BCUT2D eigenvalue weighted by Gasteiger charge is -2.19. The normalized spacial score (nSPS) is 10.7. The van der Waals surface area contributed by atoms with Crippen LogP contribution in [0.25, 0.3) is 10.9 Å². The Morgan fingerprint density at radius 1 is 1.08 bits per heavy atom. The van der Waals surface area contributed by atoms with Crippen molar-refractivity contribution >= 4 is 22.6 Å². The number of nitrogens with zero attached hydrogens (tertiary/aromatic N) is 1. The molecular weight excluding hydrogens is 314 g/mol. The van der Waals surface area contributed by atoms with Gasteiger partial charge in [0.05, 0.1) is 0 Å². The molecule has 0 aliphatic heterocycles. The van der Waals surface area contributed by atoms with Gasteiger partial charge in [-0.15, -0.1) is 0 Å². The summed E-state index contributed by atoms with van der Waals surface area (Å²) in [5.74, 6) is 0. The first-order chi connectivity index (χ1) is 11.9. The second kappa shape index (κ2) is 6.81. The number of nitrogens with one attached hydrogen (secondary N) is 2. The predicted molar refractivity (Wildman–Crippen MR) is 101 cm³/mol. The first kappa shape index (κ1) is 16.8. The van der Waals surface area contributed by atoms with Crippen LogP contribution in [0.5, 0.6) is 0 Å². The SMILES string of the molecule is Cc1ccc(NC(=O)N(C)Cc2cc(=O)[nH]c3ccccc23)cc1C. The molecule has 0 saturated heterocycles. The number of urea groups is 1. The van der Waals surface area contributed by atoms with E-state index in [2.05, 4.69) is 10.3 Å². The smallest absolute Gasteiger partial charge is 0.321 e. The van der Waals surface area contributed by atoms with Gasteiger partial charge < -0.3 is 15.2 Å². The molecule has 2 amide bonds. The minimum absolute atomic E-state index is 0.170. The molecule has 25 heavy (non-hydrogen) atoms. The lowest BCUT2D eigenvalue weighted by molar-refractivity contribution is 0.221. The Balaban J connectivity index is 1.80. The number of aryl methyl sites for hydroxylation is 2. The highest BCUT2D eigenvalue weighted by Crippen LogP contribution is 2.18. The fourth-order valence-electron chi connectivity index (χ4n) is 2.77. The van der Waals surface area contributed by atoms with Gasteiger partial charge in [-0.25, -0.2) is 4.79 Å². The van der Waals surface area contributed by atoms with Crippen molar-refractivity contribution in [1.82, 2.24) is 9.88 Å². The highest BCUT2D eigenvalue weighted by molar-refractivity contribution is 5.90. The van der Waals surface area contributed by atoms with Crippen LogP contribution >= 0.6 is 0 Å². The van der Waals surface area contributed by atoms with Crippen molar-refractivity contribution < 1.29 is 4.79 Å². The van der Waals surface area contributed by atoms with Crippen molar-refractivity contribution in [2.45, 2.75) is 20.4 Å². The number of amides is 2. The number of pyridine rings is 1. The van der Waals surface area contributed by atoms with Gasteiger partial charge in [-0.05, 0) is 48.7 Å². The van der Waals surface area contributed by atoms with E-state index in [1.165, 1.54) is 5.56 Å². The van der Waals surface area contributed by atoms with Crippen molar-refractivity contribution in [2.75, 3.05) is 12.4 Å². The molecule has 0 aliphatic rings. The summed E-state index contributed by atoms with van der Waals surface area (Å²) in [7, 11) is 1.71. The van der Waals surface area contributed by atoms with E-state index < -0.39 is 0 Å². The number of carbonyl (C=O) groups is 1. The van der Waals surface area contributed by atoms with Crippen molar-refractivity contribution in [3.63, 3.8) is 0 Å². The van der Waals surface area contributed by atoms with E-state index in [9.17, 15) is 9.59 Å². The summed E-state index contributed by atoms with van der Waals surface area (Å²) in [4.78, 5) is 28.7. The van der Waals surface area contributed by atoms with E-state index in [4.69, 9.17) is 0 Å². The van der Waals surface area contributed by atoms with Crippen LogP contribution in [0.4, 0.5) is 10.5 Å². The zero-order valence-electron chi connectivity index (χ0n) is 14.6. The highest BCUT2D eigenvalue weighted by Gasteiger charge is 2.12. The van der Waals surface area contributed by atoms with Crippen molar-refractivity contribution in [2.24, 2.45) is 0 Å². The lowest BCUT2D eigenvalue weighted by atomic mass is 10.1. The average Bonchev–Trinajstić information content (AvgIpc) is 2.58. The molecule has 1 heterocycles. The molecular formula is C20H21N3O2. The fraction of sp³-hybridized carbons (Fsp3) is 0.200. The summed E-state index contributed by atoms with van der Waals surface area (Å²) in [5, 5.41) is 3.83. The van der Waals surface area contributed by atoms with Gasteiger partial charge in [0.1, 0.15) is 0 Å². The third kappa shape index (κ3) is 3.71. The number of aromatic nitrogens is 1. The third-order valence-electron chi connectivity index (χ3n) is 4.35. The minimum Gasteiger partial charge on any atom is -0.323 e. The zero-order chi connectivity index (χ0) is 18.0. The van der Waals surface area contributed by atoms with Crippen LogP contribution in [-0.4, -0.2) is 23.0 Å². The van der Waals surface area contributed by atoms with Crippen molar-refractivity contribution in [3.05, 3.63) is 75.6 Å². The molecule has 0 aliphatic carbocycles. The van der Waals surface area contributed by atoms with Gasteiger partial charge in [-0.2, -0.15) is 0 Å². The zero-order valence-corrected chi connectivity index (χ0v) is 14.6. The van der Waals surface area contributed by atoms with E-state index in [0.717, 1.165) is 27.7 Å². The van der Waals surface area contributed by atoms with Gasteiger partial charge in [0.15, 0.2) is 0 Å². The molecule has 5 nitrogen and oxygen atoms in total. The maximum atomic E-state index is 12.5. The molecule has 0 radical (unpaired) electrons. The third-order valence-corrected chi connectivity index (χ3v) is 4.35. The Hall–Kier alpha value is -3.08. The second-order valence-electron chi connectivity index (χ2n) is 6.29. The van der Waals surface area contributed by atoms with Gasteiger partial charge in [-0.1, -0.05) is 24.3 Å². The molecule has 2 aromatic carbocycles. The number of hydrogen-bond donors (Lipinski definition) is 2. The molecule has 3 aromatic rings. The summed E-state index contributed by atoms with van der Waals surface area (Å²) in [6.45, 7) is 4.39. The molecule has 5 heteroatoms. The number of carbonyl (C=O) groups excluding carboxylic acids is 1. The monoisotopic (exact) mass is 335 g/mol. The molecule has 128 valence electrons. The molecule has 0 saturated carbocycles. The summed E-state index contributed by atoms with van der Waals surface area (Å²) < 4.78 is 0. The molecule has 0 spiro atoms. The van der Waals surface area contributed by atoms with E-state index in [1.807, 2.05) is 56.3 Å².